The first-order valence-electron chi connectivity index (χ1n) is 42.1. The molecule has 0 aliphatic carbocycles. The van der Waals surface area contributed by atoms with Crippen molar-refractivity contribution in [3.8, 4) is 90.5 Å². The lowest BCUT2D eigenvalue weighted by atomic mass is 9.79. The number of rotatable bonds is 58. The van der Waals surface area contributed by atoms with Crippen LogP contribution in [0.2, 0.25) is 0 Å². The molecule has 120 heavy (non-hydrogen) atoms. The average Bonchev–Trinajstić information content (AvgIpc) is 1.71. The first-order chi connectivity index (χ1) is 59.4. The van der Waals surface area contributed by atoms with Crippen LogP contribution in [0.15, 0.2) is 194 Å². The lowest BCUT2D eigenvalue weighted by molar-refractivity contribution is 0.0871. The number of benzene rings is 9. The van der Waals surface area contributed by atoms with E-state index in [2.05, 4.69) is 146 Å². The number of epoxide rings is 8. The lowest BCUT2D eigenvalue weighted by Crippen LogP contribution is -2.15. The Morgan fingerprint density at radius 1 is 0.192 bits per heavy atom. The van der Waals surface area contributed by atoms with Crippen molar-refractivity contribution in [1.82, 2.24) is 0 Å². The van der Waals surface area contributed by atoms with Crippen LogP contribution >= 0.6 is 0 Å². The fraction of sp³-hybridized carbons (Fsp3) is 0.438. The van der Waals surface area contributed by atoms with E-state index in [1.165, 1.54) is 0 Å². The van der Waals surface area contributed by atoms with Gasteiger partial charge >= 0.3 is 0 Å². The van der Waals surface area contributed by atoms with Gasteiger partial charge in [0.15, 0.2) is 0 Å². The molecule has 0 bridgehead atoms. The van der Waals surface area contributed by atoms with E-state index in [1.807, 2.05) is 48.5 Å². The second kappa shape index (κ2) is 42.5. The minimum absolute atomic E-state index is 0.0858. The molecule has 0 aromatic heterocycles. The van der Waals surface area contributed by atoms with Crippen LogP contribution in [0, 0.1) is 0 Å². The van der Waals surface area contributed by atoms with Gasteiger partial charge in [0, 0.05) is 34.1 Å². The predicted octanol–water partition coefficient (Wildman–Crippen LogP) is 13.1. The van der Waals surface area contributed by atoms with Gasteiger partial charge in [0.25, 0.3) is 0 Å². The first kappa shape index (κ1) is 83.0. The van der Waals surface area contributed by atoms with Gasteiger partial charge in [-0.1, -0.05) is 97.1 Å². The van der Waals surface area contributed by atoms with Gasteiger partial charge in [-0.15, -0.1) is 0 Å². The van der Waals surface area contributed by atoms with Gasteiger partial charge in [0.1, 0.15) is 148 Å². The summed E-state index contributed by atoms with van der Waals surface area (Å²) in [4.78, 5) is 0. The summed E-state index contributed by atoms with van der Waals surface area (Å²) in [5.74, 6) is 4.40. The summed E-state index contributed by atoms with van der Waals surface area (Å²) in [6.45, 7) is 15.6. The standard InChI is InChI=1S/C96H106O24/c1-2-70(96(89-47-73(15-27-93(89)111-43-35-103-55-85-63-119-85)67-9-21-77(22-10-67)107-39-31-99-51-81-59-115-81)90-48-74(16-28-94(90)112-44-36-104-56-86-64-120-86)68-11-23-78(24-12-68)108-40-32-100-52-82-60-116-82)4-3-69(1)95(87-45-71(13-25-91(87)109-41-33-101-53-83-61-117-83)65-5-17-75(18-6-65)105-37-29-97-49-79-57-113-79)88-46-72(14-26-92(88)110-42-34-102-54-84-62-118-84)66-7-19-76(20-8-66)106-38-30-98-50-80-58-114-80/h1-28,45-48,79-86,95-96H,29-44,49-64H2. The Balaban J connectivity index is 0.786. The van der Waals surface area contributed by atoms with E-state index in [-0.39, 0.29) is 75.3 Å². The van der Waals surface area contributed by atoms with E-state index in [0.717, 1.165) is 127 Å². The normalized spacial score (nSPS) is 20.5. The Morgan fingerprint density at radius 3 is 0.533 bits per heavy atom. The highest BCUT2D eigenvalue weighted by molar-refractivity contribution is 5.74. The van der Waals surface area contributed by atoms with E-state index >= 15 is 0 Å². The molecule has 0 radical (unpaired) electrons. The molecule has 634 valence electrons. The van der Waals surface area contributed by atoms with Crippen molar-refractivity contribution < 1.29 is 114 Å². The Morgan fingerprint density at radius 2 is 0.358 bits per heavy atom. The van der Waals surface area contributed by atoms with Crippen LogP contribution in [0.5, 0.6) is 46.0 Å². The van der Waals surface area contributed by atoms with Gasteiger partial charge in [-0.25, -0.2) is 0 Å². The number of ether oxygens (including phenoxy) is 24. The maximum Gasteiger partial charge on any atom is 0.123 e. The van der Waals surface area contributed by atoms with Crippen molar-refractivity contribution >= 4 is 0 Å². The van der Waals surface area contributed by atoms with Gasteiger partial charge in [-0.2, -0.15) is 0 Å². The fourth-order valence-electron chi connectivity index (χ4n) is 14.0. The van der Waals surface area contributed by atoms with Gasteiger partial charge in [0.05, 0.1) is 159 Å². The quantitative estimate of drug-likeness (QED) is 0.0195. The van der Waals surface area contributed by atoms with E-state index in [9.17, 15) is 0 Å². The summed E-state index contributed by atoms with van der Waals surface area (Å²) in [6.07, 6.45) is 1.04. The third kappa shape index (κ3) is 25.9. The molecule has 8 aliphatic rings. The van der Waals surface area contributed by atoms with Gasteiger partial charge < -0.3 is 114 Å². The Kier molecular flexibility index (Phi) is 29.4. The van der Waals surface area contributed by atoms with Crippen LogP contribution in [0.3, 0.4) is 0 Å². The lowest BCUT2D eigenvalue weighted by Gasteiger charge is -2.28. The molecule has 0 amide bonds. The van der Waals surface area contributed by atoms with Crippen LogP contribution in [0.4, 0.5) is 0 Å². The van der Waals surface area contributed by atoms with E-state index in [0.29, 0.717) is 182 Å². The van der Waals surface area contributed by atoms with Crippen molar-refractivity contribution in [3.63, 3.8) is 0 Å². The number of hydrogen-bond donors (Lipinski definition) is 0. The molecule has 0 spiro atoms. The van der Waals surface area contributed by atoms with Crippen LogP contribution in [-0.2, 0) is 75.8 Å². The third-order valence-electron chi connectivity index (χ3n) is 21.2. The summed E-state index contributed by atoms with van der Waals surface area (Å²) in [6, 6.07) is 67.4. The first-order valence-corrected chi connectivity index (χ1v) is 42.1. The summed E-state index contributed by atoms with van der Waals surface area (Å²) >= 11 is 0. The van der Waals surface area contributed by atoms with Crippen molar-refractivity contribution in [3.05, 3.63) is 228 Å². The monoisotopic (exact) mass is 1640 g/mol. The minimum Gasteiger partial charge on any atom is -0.491 e. The Hall–Kier alpha value is -9.26. The van der Waals surface area contributed by atoms with Crippen molar-refractivity contribution in [2.75, 3.05) is 211 Å². The molecule has 8 heterocycles. The van der Waals surface area contributed by atoms with Gasteiger partial charge in [0.2, 0.25) is 0 Å². The maximum atomic E-state index is 7.04. The van der Waals surface area contributed by atoms with E-state index in [1.54, 1.807) is 0 Å². The highest BCUT2D eigenvalue weighted by Crippen LogP contribution is 2.49. The molecule has 8 atom stereocenters. The molecule has 17 rings (SSSR count). The van der Waals surface area contributed by atoms with E-state index < -0.39 is 11.8 Å². The molecule has 24 nitrogen and oxygen atoms in total. The van der Waals surface area contributed by atoms with Crippen molar-refractivity contribution in [2.45, 2.75) is 60.7 Å². The zero-order chi connectivity index (χ0) is 80.7. The van der Waals surface area contributed by atoms with Gasteiger partial charge in [-0.05, 0) is 153 Å². The molecule has 9 aromatic carbocycles. The second-order valence-electron chi connectivity index (χ2n) is 30.7. The fourth-order valence-corrected chi connectivity index (χ4v) is 14.0. The smallest absolute Gasteiger partial charge is 0.123 e. The molecule has 0 saturated carbocycles. The van der Waals surface area contributed by atoms with Crippen LogP contribution in [0.25, 0.3) is 44.5 Å². The number of hydrogen-bond acceptors (Lipinski definition) is 24. The van der Waals surface area contributed by atoms with Crippen LogP contribution < -0.4 is 37.9 Å². The molecule has 24 heteroatoms. The highest BCUT2D eigenvalue weighted by atomic mass is 16.6. The highest BCUT2D eigenvalue weighted by Gasteiger charge is 2.33. The maximum absolute atomic E-state index is 7.04. The van der Waals surface area contributed by atoms with Crippen molar-refractivity contribution in [2.24, 2.45) is 0 Å². The van der Waals surface area contributed by atoms with Crippen molar-refractivity contribution in [1.29, 1.82) is 0 Å². The van der Waals surface area contributed by atoms with Crippen LogP contribution in [0.1, 0.15) is 45.2 Å². The second-order valence-corrected chi connectivity index (χ2v) is 30.7. The largest absolute Gasteiger partial charge is 0.491 e. The Labute approximate surface area is 700 Å². The molecule has 8 saturated heterocycles. The summed E-state index contributed by atoms with van der Waals surface area (Å²) in [7, 11) is 0. The topological polar surface area (TPSA) is 248 Å². The molecular weight excluding hydrogens is 1540 g/mol. The molecule has 8 aliphatic heterocycles. The summed E-state index contributed by atoms with van der Waals surface area (Å²) in [5, 5.41) is 0. The summed E-state index contributed by atoms with van der Waals surface area (Å²) < 4.78 is 145. The molecular formula is C96H106O24. The SMILES string of the molecule is c1cc(-c2ccc(OCCOCC3CO3)c(C(c3ccc(C(c4cc(-c5ccc(OCCOCC6CO6)cc5)ccc4OCCOCC4CO4)c4cc(-c5ccc(OCCOCC6CO6)cc5)ccc4OCCOCC4CO4)cc3)c3cc(-c4ccc(OCCOCC5CO5)cc4)ccc3OCCOCC3CO3)c2)ccc1OCCOCC1CO1. The van der Waals surface area contributed by atoms with Crippen LogP contribution in [-0.4, -0.2) is 260 Å². The predicted molar refractivity (Wildman–Crippen MR) is 444 cm³/mol. The minimum atomic E-state index is -0.573. The molecule has 0 N–H and O–H groups in total. The third-order valence-corrected chi connectivity index (χ3v) is 21.2. The molecule has 8 fully saturated rings. The summed E-state index contributed by atoms with van der Waals surface area (Å²) in [5.41, 5.74) is 13.1. The zero-order valence-corrected chi connectivity index (χ0v) is 67.7. The zero-order valence-electron chi connectivity index (χ0n) is 67.7. The van der Waals surface area contributed by atoms with Gasteiger partial charge in [-0.3, -0.25) is 0 Å². The average molecular weight is 1640 g/mol. The van der Waals surface area contributed by atoms with E-state index in [4.69, 9.17) is 114 Å². The molecule has 9 aromatic rings. The molecule has 8 unspecified atom stereocenters. The Bertz CT molecular complexity index is 4070.